The first-order valence-corrected chi connectivity index (χ1v) is 3.14. The summed E-state index contributed by atoms with van der Waals surface area (Å²) in [6, 6.07) is 0. The first kappa shape index (κ1) is 8.49. The molecular weight excluding hydrogens is 115 g/mol. The molecule has 3 nitrogen and oxygen atoms in total. The van der Waals surface area contributed by atoms with Gasteiger partial charge in [-0.2, -0.15) is 0 Å². The first-order chi connectivity index (χ1) is 4.41. The predicted octanol–water partition coefficient (Wildman–Crippen LogP) is -0.220. The molecule has 0 aliphatic rings. The van der Waals surface area contributed by atoms with Crippen molar-refractivity contribution in [2.75, 3.05) is 13.6 Å². The van der Waals surface area contributed by atoms with Gasteiger partial charge in [0, 0.05) is 7.05 Å². The van der Waals surface area contributed by atoms with E-state index in [0.29, 0.717) is 0 Å². The fraction of sp³-hybridized carbons (Fsp3) is 0.800. The molecule has 0 aromatic heterocycles. The van der Waals surface area contributed by atoms with Gasteiger partial charge >= 0.3 is 7.48 Å². The Hall–Kier alpha value is -0.505. The molecule has 2 N–H and O–H groups in total. The van der Waals surface area contributed by atoms with E-state index in [9.17, 15) is 0 Å². The Morgan fingerprint density at radius 2 is 2.56 bits per heavy atom. The van der Waals surface area contributed by atoms with E-state index in [2.05, 4.69) is 4.99 Å². The van der Waals surface area contributed by atoms with E-state index >= 15 is 0 Å². The fourth-order valence-corrected chi connectivity index (χ4v) is 0.457. The molecule has 0 aromatic carbocycles. The lowest BCUT2D eigenvalue weighted by Gasteiger charge is -1.94. The zero-order chi connectivity index (χ0) is 6.95. The highest BCUT2D eigenvalue weighted by Gasteiger charge is 1.87. The van der Waals surface area contributed by atoms with Crippen molar-refractivity contribution in [2.45, 2.75) is 12.7 Å². The molecule has 0 fully saturated rings. The Kier molecular flexibility index (Phi) is 7.07. The molecule has 0 aliphatic carbocycles. The summed E-state index contributed by atoms with van der Waals surface area (Å²) in [6.45, 7) is 0.743. The molecule has 9 heavy (non-hydrogen) atoms. The topological polar surface area (TPSA) is 47.6 Å². The number of nitrogens with two attached hydrogens (primary N) is 1. The Morgan fingerprint density at radius 3 is 3.11 bits per heavy atom. The fourth-order valence-electron chi connectivity index (χ4n) is 0.457. The molecule has 0 atom stereocenters. The normalized spacial score (nSPS) is 10.0. The van der Waals surface area contributed by atoms with Crippen LogP contribution in [0.1, 0.15) is 6.42 Å². The van der Waals surface area contributed by atoms with Gasteiger partial charge in [-0.1, -0.05) is 0 Å². The van der Waals surface area contributed by atoms with E-state index in [1.165, 1.54) is 6.40 Å². The maximum absolute atomic E-state index is 5.25. The number of nitrogens with zero attached hydrogens (tertiary/aromatic N) is 1. The van der Waals surface area contributed by atoms with Crippen LogP contribution in [0.5, 0.6) is 0 Å². The van der Waals surface area contributed by atoms with E-state index in [-0.39, 0.29) is 0 Å². The van der Waals surface area contributed by atoms with E-state index in [1.54, 1.807) is 7.05 Å². The first-order valence-electron chi connectivity index (χ1n) is 3.14. The third-order valence-electron chi connectivity index (χ3n) is 0.896. The van der Waals surface area contributed by atoms with Crippen LogP contribution in [-0.4, -0.2) is 27.5 Å². The largest absolute Gasteiger partial charge is 0.557 e. The molecular formula is C5H13BN2O. The minimum absolute atomic E-state index is 0.731. The van der Waals surface area contributed by atoms with Crippen LogP contribution in [0.4, 0.5) is 0 Å². The van der Waals surface area contributed by atoms with Gasteiger partial charge in [-0.3, -0.25) is 4.99 Å². The Labute approximate surface area is 56.6 Å². The molecule has 0 saturated carbocycles. The zero-order valence-electron chi connectivity index (χ0n) is 5.84. The molecule has 52 valence electrons. The summed E-state index contributed by atoms with van der Waals surface area (Å²) < 4.78 is 4.94. The SMILES string of the molecule is CN=COBCCCN. The van der Waals surface area contributed by atoms with E-state index < -0.39 is 0 Å². The summed E-state index contributed by atoms with van der Waals surface area (Å²) >= 11 is 0. The van der Waals surface area contributed by atoms with Crippen LogP contribution < -0.4 is 5.73 Å². The number of hydrogen-bond donors (Lipinski definition) is 1. The van der Waals surface area contributed by atoms with Gasteiger partial charge in [0.2, 0.25) is 0 Å². The van der Waals surface area contributed by atoms with Gasteiger partial charge in [0.1, 0.15) is 0 Å². The van der Waals surface area contributed by atoms with Crippen molar-refractivity contribution >= 4 is 13.9 Å². The minimum atomic E-state index is 0.731. The van der Waals surface area contributed by atoms with Crippen molar-refractivity contribution in [1.82, 2.24) is 0 Å². The molecule has 0 radical (unpaired) electrons. The molecule has 4 heteroatoms. The molecule has 0 spiro atoms. The van der Waals surface area contributed by atoms with Crippen molar-refractivity contribution in [1.29, 1.82) is 0 Å². The summed E-state index contributed by atoms with van der Waals surface area (Å²) in [5.74, 6) is 0. The lowest BCUT2D eigenvalue weighted by Crippen LogP contribution is -2.02. The van der Waals surface area contributed by atoms with Gasteiger partial charge in [0.25, 0.3) is 0 Å². The minimum Gasteiger partial charge on any atom is -0.557 e. The van der Waals surface area contributed by atoms with Gasteiger partial charge in [-0.05, 0) is 19.3 Å². The molecule has 0 saturated heterocycles. The second kappa shape index (κ2) is 7.49. The van der Waals surface area contributed by atoms with Gasteiger partial charge in [-0.25, -0.2) is 0 Å². The molecule has 0 heterocycles. The van der Waals surface area contributed by atoms with Crippen LogP contribution in [0.15, 0.2) is 4.99 Å². The summed E-state index contributed by atoms with van der Waals surface area (Å²) in [5.41, 5.74) is 5.25. The highest BCUT2D eigenvalue weighted by atomic mass is 16.4. The van der Waals surface area contributed by atoms with Gasteiger partial charge in [0.15, 0.2) is 6.40 Å². The lowest BCUT2D eigenvalue weighted by molar-refractivity contribution is 0.608. The quantitative estimate of drug-likeness (QED) is 0.241. The third-order valence-corrected chi connectivity index (χ3v) is 0.896. The maximum atomic E-state index is 5.25. The summed E-state index contributed by atoms with van der Waals surface area (Å²) in [6.07, 6.45) is 3.50. The van der Waals surface area contributed by atoms with E-state index in [4.69, 9.17) is 10.4 Å². The molecule has 0 amide bonds. The monoisotopic (exact) mass is 128 g/mol. The lowest BCUT2D eigenvalue weighted by atomic mass is 9.93. The van der Waals surface area contributed by atoms with Crippen molar-refractivity contribution in [3.63, 3.8) is 0 Å². The standard InChI is InChI=1S/C5H13BN2O/c1-8-5-9-6-3-2-4-7/h5-6H,2-4,7H2,1H3. The Bertz CT molecular complexity index is 77.4. The van der Waals surface area contributed by atoms with Crippen molar-refractivity contribution in [3.05, 3.63) is 0 Å². The highest BCUT2D eigenvalue weighted by Crippen LogP contribution is 1.83. The van der Waals surface area contributed by atoms with E-state index in [0.717, 1.165) is 26.8 Å². The average Bonchev–Trinajstić information content (AvgIpc) is 1.89. The van der Waals surface area contributed by atoms with Crippen LogP contribution in [0.2, 0.25) is 6.32 Å². The van der Waals surface area contributed by atoms with Crippen LogP contribution >= 0.6 is 0 Å². The Balaban J connectivity index is 2.75. The third kappa shape index (κ3) is 7.49. The zero-order valence-corrected chi connectivity index (χ0v) is 5.84. The molecule has 0 aliphatic heterocycles. The van der Waals surface area contributed by atoms with Gasteiger partial charge < -0.3 is 10.4 Å². The van der Waals surface area contributed by atoms with Crippen LogP contribution in [0.25, 0.3) is 0 Å². The molecule has 0 rings (SSSR count). The second-order valence-electron chi connectivity index (χ2n) is 1.73. The van der Waals surface area contributed by atoms with Crippen molar-refractivity contribution in [2.24, 2.45) is 10.7 Å². The second-order valence-corrected chi connectivity index (χ2v) is 1.73. The summed E-state index contributed by atoms with van der Waals surface area (Å²) in [4.78, 5) is 3.65. The number of aliphatic imine (C=N–C) groups is 1. The smallest absolute Gasteiger partial charge is 0.341 e. The Morgan fingerprint density at radius 1 is 1.78 bits per heavy atom. The van der Waals surface area contributed by atoms with Crippen LogP contribution in [-0.2, 0) is 4.65 Å². The molecule has 0 bridgehead atoms. The number of hydrogen-bond acceptors (Lipinski definition) is 3. The van der Waals surface area contributed by atoms with Crippen molar-refractivity contribution in [3.8, 4) is 0 Å². The highest BCUT2D eigenvalue weighted by molar-refractivity contribution is 6.29. The summed E-state index contributed by atoms with van der Waals surface area (Å²) in [5, 5.41) is 0. The van der Waals surface area contributed by atoms with E-state index in [1.807, 2.05) is 0 Å². The van der Waals surface area contributed by atoms with Gasteiger partial charge in [-0.15, -0.1) is 0 Å². The predicted molar refractivity (Wildman–Crippen MR) is 41.1 cm³/mol. The summed E-state index contributed by atoms with van der Waals surface area (Å²) in [7, 11) is 2.41. The maximum Gasteiger partial charge on any atom is 0.341 e. The average molecular weight is 128 g/mol. The number of rotatable bonds is 5. The van der Waals surface area contributed by atoms with Crippen molar-refractivity contribution < 1.29 is 4.65 Å². The van der Waals surface area contributed by atoms with Crippen LogP contribution in [0.3, 0.4) is 0 Å². The van der Waals surface area contributed by atoms with Crippen LogP contribution in [0, 0.1) is 0 Å². The van der Waals surface area contributed by atoms with Gasteiger partial charge in [0.05, 0.1) is 0 Å². The molecule has 0 unspecified atom stereocenters. The molecule has 0 aromatic rings.